The van der Waals surface area contributed by atoms with Gasteiger partial charge in [-0.2, -0.15) is 0 Å². The van der Waals surface area contributed by atoms with E-state index in [9.17, 15) is 4.79 Å². The van der Waals surface area contributed by atoms with Crippen molar-refractivity contribution in [2.24, 2.45) is 11.5 Å². The highest BCUT2D eigenvalue weighted by atomic mass is 32.1. The van der Waals surface area contributed by atoms with Crippen LogP contribution < -0.4 is 11.5 Å². The van der Waals surface area contributed by atoms with E-state index in [1.807, 2.05) is 0 Å². The van der Waals surface area contributed by atoms with Crippen LogP contribution in [0.2, 0.25) is 0 Å². The molecule has 14 heavy (non-hydrogen) atoms. The first kappa shape index (κ1) is 13.3. The van der Waals surface area contributed by atoms with Crippen molar-refractivity contribution in [3.8, 4) is 0 Å². The summed E-state index contributed by atoms with van der Waals surface area (Å²) in [6, 6.07) is 0.378. The van der Waals surface area contributed by atoms with Gasteiger partial charge in [-0.3, -0.25) is 4.79 Å². The first-order valence-corrected chi connectivity index (χ1v) is 5.15. The maximum absolute atomic E-state index is 10.6. The van der Waals surface area contributed by atoms with Crippen LogP contribution in [0.1, 0.15) is 26.7 Å². The molecule has 0 aliphatic carbocycles. The van der Waals surface area contributed by atoms with E-state index in [2.05, 4.69) is 18.7 Å². The van der Waals surface area contributed by atoms with Crippen LogP contribution in [0, 0.1) is 0 Å². The highest BCUT2D eigenvalue weighted by molar-refractivity contribution is 7.80. The van der Waals surface area contributed by atoms with Gasteiger partial charge in [-0.15, -0.1) is 0 Å². The van der Waals surface area contributed by atoms with Crippen molar-refractivity contribution < 1.29 is 4.79 Å². The molecule has 4 nitrogen and oxygen atoms in total. The molecule has 4 N–H and O–H groups in total. The molecular formula is C9H19N3OS. The molecule has 0 aliphatic heterocycles. The third kappa shape index (κ3) is 6.80. The fourth-order valence-corrected chi connectivity index (χ4v) is 1.23. The van der Waals surface area contributed by atoms with Crippen LogP contribution >= 0.6 is 12.2 Å². The third-order valence-electron chi connectivity index (χ3n) is 2.02. The average molecular weight is 217 g/mol. The number of primary amides is 1. The minimum atomic E-state index is -0.272. The number of hydrogen-bond acceptors (Lipinski definition) is 3. The average Bonchev–Trinajstić information content (AvgIpc) is 2.02. The summed E-state index contributed by atoms with van der Waals surface area (Å²) in [4.78, 5) is 13.3. The van der Waals surface area contributed by atoms with E-state index < -0.39 is 0 Å². The van der Waals surface area contributed by atoms with Gasteiger partial charge >= 0.3 is 0 Å². The van der Waals surface area contributed by atoms with Gasteiger partial charge in [0.25, 0.3) is 0 Å². The van der Waals surface area contributed by atoms with E-state index in [4.69, 9.17) is 23.7 Å². The van der Waals surface area contributed by atoms with E-state index in [0.717, 1.165) is 6.54 Å². The zero-order chi connectivity index (χ0) is 11.1. The smallest absolute Gasteiger partial charge is 0.218 e. The molecule has 0 saturated heterocycles. The fourth-order valence-electron chi connectivity index (χ4n) is 1.14. The first-order valence-electron chi connectivity index (χ1n) is 4.74. The molecule has 0 bridgehead atoms. The largest absolute Gasteiger partial charge is 0.393 e. The fraction of sp³-hybridized carbons (Fsp3) is 0.778. The molecule has 82 valence electrons. The summed E-state index contributed by atoms with van der Waals surface area (Å²) < 4.78 is 0. The topological polar surface area (TPSA) is 72.3 Å². The minimum Gasteiger partial charge on any atom is -0.393 e. The molecular weight excluding hydrogens is 198 g/mol. The van der Waals surface area contributed by atoms with Crippen LogP contribution in [0.25, 0.3) is 0 Å². The quantitative estimate of drug-likeness (QED) is 0.600. The molecule has 0 unspecified atom stereocenters. The van der Waals surface area contributed by atoms with Crippen LogP contribution in [0.4, 0.5) is 0 Å². The molecule has 0 aromatic heterocycles. The summed E-state index contributed by atoms with van der Waals surface area (Å²) >= 11 is 4.80. The molecule has 0 atom stereocenters. The van der Waals surface area contributed by atoms with Crippen molar-refractivity contribution in [2.75, 3.05) is 13.1 Å². The van der Waals surface area contributed by atoms with Crippen molar-refractivity contribution in [3.05, 3.63) is 0 Å². The molecule has 0 heterocycles. The minimum absolute atomic E-state index is 0.272. The normalized spacial score (nSPS) is 10.9. The van der Waals surface area contributed by atoms with Gasteiger partial charge in [0, 0.05) is 32.0 Å². The molecule has 1 amide bonds. The summed E-state index contributed by atoms with van der Waals surface area (Å²) in [5.41, 5.74) is 10.5. The second-order valence-corrected chi connectivity index (χ2v) is 4.09. The zero-order valence-corrected chi connectivity index (χ0v) is 9.64. The van der Waals surface area contributed by atoms with Crippen molar-refractivity contribution >= 4 is 23.1 Å². The molecule has 0 rings (SSSR count). The van der Waals surface area contributed by atoms with E-state index in [0.29, 0.717) is 30.4 Å². The summed E-state index contributed by atoms with van der Waals surface area (Å²) in [6.45, 7) is 5.61. The highest BCUT2D eigenvalue weighted by Gasteiger charge is 2.10. The van der Waals surface area contributed by atoms with Crippen LogP contribution in [0.5, 0.6) is 0 Å². The Morgan fingerprint density at radius 3 is 2.14 bits per heavy atom. The Labute approximate surface area is 90.6 Å². The number of hydrogen-bond donors (Lipinski definition) is 2. The maximum atomic E-state index is 10.6. The lowest BCUT2D eigenvalue weighted by atomic mass is 10.2. The maximum Gasteiger partial charge on any atom is 0.218 e. The lowest BCUT2D eigenvalue weighted by Crippen LogP contribution is -2.36. The van der Waals surface area contributed by atoms with Crippen LogP contribution in [0.3, 0.4) is 0 Å². The number of nitrogens with two attached hydrogens (primary N) is 2. The number of amides is 1. The summed E-state index contributed by atoms with van der Waals surface area (Å²) in [5, 5.41) is 0. The number of rotatable bonds is 7. The van der Waals surface area contributed by atoms with Crippen molar-refractivity contribution in [1.29, 1.82) is 0 Å². The van der Waals surface area contributed by atoms with Crippen molar-refractivity contribution in [2.45, 2.75) is 32.7 Å². The Kier molecular flexibility index (Phi) is 6.40. The van der Waals surface area contributed by atoms with Crippen molar-refractivity contribution in [3.63, 3.8) is 0 Å². The Hall–Kier alpha value is -0.680. The van der Waals surface area contributed by atoms with Crippen molar-refractivity contribution in [1.82, 2.24) is 4.90 Å². The SMILES string of the molecule is CC(C)N(CCC(N)=O)CCC(N)=S. The monoisotopic (exact) mass is 217 g/mol. The summed E-state index contributed by atoms with van der Waals surface area (Å²) in [7, 11) is 0. The van der Waals surface area contributed by atoms with E-state index in [1.54, 1.807) is 0 Å². The van der Waals surface area contributed by atoms with E-state index in [1.165, 1.54) is 0 Å². The first-order chi connectivity index (χ1) is 6.43. The number of carbonyl (C=O) groups is 1. The van der Waals surface area contributed by atoms with Crippen LogP contribution in [-0.2, 0) is 4.79 Å². The molecule has 5 heteroatoms. The number of thiocarbonyl (C=S) groups is 1. The lowest BCUT2D eigenvalue weighted by Gasteiger charge is -2.25. The van der Waals surface area contributed by atoms with Gasteiger partial charge < -0.3 is 16.4 Å². The van der Waals surface area contributed by atoms with Gasteiger partial charge in [0.2, 0.25) is 5.91 Å². The zero-order valence-electron chi connectivity index (χ0n) is 8.82. The van der Waals surface area contributed by atoms with Gasteiger partial charge in [-0.1, -0.05) is 12.2 Å². The van der Waals surface area contributed by atoms with Crippen LogP contribution in [-0.4, -0.2) is 34.9 Å². The summed E-state index contributed by atoms with van der Waals surface area (Å²) in [5.74, 6) is -0.272. The molecule has 0 aromatic carbocycles. The molecule has 0 aromatic rings. The Morgan fingerprint density at radius 2 is 1.79 bits per heavy atom. The third-order valence-corrected chi connectivity index (χ3v) is 2.23. The Bertz CT molecular complexity index is 188. The predicted octanol–water partition coefficient (Wildman–Crippen LogP) is 0.248. The molecule has 0 aliphatic rings. The Morgan fingerprint density at radius 1 is 1.29 bits per heavy atom. The second kappa shape index (κ2) is 6.73. The van der Waals surface area contributed by atoms with E-state index in [-0.39, 0.29) is 5.91 Å². The van der Waals surface area contributed by atoms with Gasteiger partial charge in [-0.05, 0) is 13.8 Å². The predicted molar refractivity (Wildman–Crippen MR) is 61.9 cm³/mol. The molecule has 0 saturated carbocycles. The van der Waals surface area contributed by atoms with Gasteiger partial charge in [0.1, 0.15) is 0 Å². The highest BCUT2D eigenvalue weighted by Crippen LogP contribution is 2.01. The molecule has 0 radical (unpaired) electrons. The van der Waals surface area contributed by atoms with Gasteiger partial charge in [0.15, 0.2) is 0 Å². The van der Waals surface area contributed by atoms with Gasteiger partial charge in [-0.25, -0.2) is 0 Å². The van der Waals surface area contributed by atoms with E-state index >= 15 is 0 Å². The van der Waals surface area contributed by atoms with Crippen LogP contribution in [0.15, 0.2) is 0 Å². The van der Waals surface area contributed by atoms with Gasteiger partial charge in [0.05, 0.1) is 4.99 Å². The second-order valence-electron chi connectivity index (χ2n) is 3.56. The lowest BCUT2D eigenvalue weighted by molar-refractivity contribution is -0.118. The number of carbonyl (C=O) groups excluding carboxylic acids is 1. The molecule has 0 spiro atoms. The number of nitrogens with zero attached hydrogens (tertiary/aromatic N) is 1. The summed E-state index contributed by atoms with van der Waals surface area (Å²) in [6.07, 6.45) is 1.07. The standard InChI is InChI=1S/C9H19N3OS/c1-7(2)12(5-3-8(10)13)6-4-9(11)14/h7H,3-6H2,1-2H3,(H2,10,13)(H2,11,14). The molecule has 0 fully saturated rings. The Balaban J connectivity index is 3.89.